The van der Waals surface area contributed by atoms with Gasteiger partial charge in [0.05, 0.1) is 18.6 Å². The number of carbonyl (C=O) groups is 2. The summed E-state index contributed by atoms with van der Waals surface area (Å²) in [5, 5.41) is 9.65. The Morgan fingerprint density at radius 2 is 2.25 bits per heavy atom. The molecule has 6 heteroatoms. The zero-order valence-electron chi connectivity index (χ0n) is 13.9. The molecule has 0 aliphatic carbocycles. The molecule has 1 aromatic rings. The van der Waals surface area contributed by atoms with Crippen LogP contribution in [-0.4, -0.2) is 48.8 Å². The largest absolute Gasteiger partial charge is 0.493 e. The Kier molecular flexibility index (Phi) is 5.04. The molecule has 2 heterocycles. The minimum absolute atomic E-state index is 0.0188. The number of hydrogen-bond acceptors (Lipinski definition) is 4. The first-order valence-corrected chi connectivity index (χ1v) is 8.38. The number of rotatable bonds is 6. The normalized spacial score (nSPS) is 23.0. The Hall–Kier alpha value is -2.08. The smallest absolute Gasteiger partial charge is 0.308 e. The molecule has 0 aromatic heterocycles. The van der Waals surface area contributed by atoms with Gasteiger partial charge in [0.15, 0.2) is 0 Å². The quantitative estimate of drug-likeness (QED) is 0.806. The Balaban J connectivity index is 1.92. The van der Waals surface area contributed by atoms with Crippen LogP contribution in [0.25, 0.3) is 0 Å². The second-order valence-electron chi connectivity index (χ2n) is 6.33. The Bertz CT molecular complexity index is 630. The van der Waals surface area contributed by atoms with Crippen molar-refractivity contribution in [1.29, 1.82) is 0 Å². The van der Waals surface area contributed by atoms with Crippen LogP contribution in [0.3, 0.4) is 0 Å². The van der Waals surface area contributed by atoms with E-state index in [4.69, 9.17) is 9.47 Å². The summed E-state index contributed by atoms with van der Waals surface area (Å²) in [6, 6.07) is 5.37. The zero-order chi connectivity index (χ0) is 17.1. The van der Waals surface area contributed by atoms with Crippen molar-refractivity contribution in [2.75, 3.05) is 26.9 Å². The molecule has 130 valence electrons. The van der Waals surface area contributed by atoms with Gasteiger partial charge in [0.2, 0.25) is 5.91 Å². The summed E-state index contributed by atoms with van der Waals surface area (Å²) in [6.45, 7) is 1.71. The van der Waals surface area contributed by atoms with Gasteiger partial charge in [-0.05, 0) is 36.1 Å². The summed E-state index contributed by atoms with van der Waals surface area (Å²) in [6.07, 6.45) is 2.19. The number of benzene rings is 1. The molecular weight excluding hydrogens is 310 g/mol. The number of carbonyl (C=O) groups excluding carboxylic acids is 1. The molecule has 0 radical (unpaired) electrons. The van der Waals surface area contributed by atoms with Gasteiger partial charge >= 0.3 is 5.97 Å². The van der Waals surface area contributed by atoms with E-state index in [1.165, 1.54) is 0 Å². The second kappa shape index (κ2) is 7.21. The van der Waals surface area contributed by atoms with E-state index in [9.17, 15) is 14.7 Å². The first kappa shape index (κ1) is 16.8. The van der Waals surface area contributed by atoms with Crippen LogP contribution in [0.4, 0.5) is 0 Å². The average molecular weight is 333 g/mol. The summed E-state index contributed by atoms with van der Waals surface area (Å²) in [5.74, 6) is -0.546. The molecule has 1 N–H and O–H groups in total. The maximum absolute atomic E-state index is 12.4. The maximum atomic E-state index is 12.4. The van der Waals surface area contributed by atoms with Gasteiger partial charge in [-0.2, -0.15) is 0 Å². The van der Waals surface area contributed by atoms with Crippen molar-refractivity contribution in [3.63, 3.8) is 0 Å². The average Bonchev–Trinajstić information content (AvgIpc) is 3.03. The Morgan fingerprint density at radius 1 is 1.42 bits per heavy atom. The van der Waals surface area contributed by atoms with Crippen LogP contribution < -0.4 is 4.74 Å². The minimum Gasteiger partial charge on any atom is -0.493 e. The SMILES string of the molecule is COCCCN1C(=O)CC[C@@H](C(=O)O)[C@@H]1c1ccc2c(c1)CCO2. The van der Waals surface area contributed by atoms with Gasteiger partial charge in [-0.25, -0.2) is 0 Å². The van der Waals surface area contributed by atoms with Crippen LogP contribution in [0, 0.1) is 5.92 Å². The van der Waals surface area contributed by atoms with Crippen molar-refractivity contribution in [1.82, 2.24) is 4.90 Å². The monoisotopic (exact) mass is 333 g/mol. The lowest BCUT2D eigenvalue weighted by atomic mass is 9.83. The third kappa shape index (κ3) is 3.24. The summed E-state index contributed by atoms with van der Waals surface area (Å²) in [5.41, 5.74) is 1.98. The zero-order valence-corrected chi connectivity index (χ0v) is 13.9. The minimum atomic E-state index is -0.846. The van der Waals surface area contributed by atoms with E-state index in [1.54, 1.807) is 12.0 Å². The van der Waals surface area contributed by atoms with E-state index in [-0.39, 0.29) is 12.3 Å². The fraction of sp³-hybridized carbons (Fsp3) is 0.556. The number of aliphatic carboxylic acids is 1. The fourth-order valence-electron chi connectivity index (χ4n) is 3.66. The molecule has 2 atom stereocenters. The number of nitrogens with zero attached hydrogens (tertiary/aromatic N) is 1. The van der Waals surface area contributed by atoms with Crippen molar-refractivity contribution in [3.8, 4) is 5.75 Å². The lowest BCUT2D eigenvalue weighted by Crippen LogP contribution is -2.46. The van der Waals surface area contributed by atoms with Gasteiger partial charge in [-0.15, -0.1) is 0 Å². The van der Waals surface area contributed by atoms with Crippen LogP contribution in [0.5, 0.6) is 5.75 Å². The van der Waals surface area contributed by atoms with E-state index in [0.717, 1.165) is 23.3 Å². The highest BCUT2D eigenvalue weighted by atomic mass is 16.5. The number of hydrogen-bond donors (Lipinski definition) is 1. The highest BCUT2D eigenvalue weighted by Crippen LogP contribution is 2.39. The van der Waals surface area contributed by atoms with Crippen LogP contribution in [0.15, 0.2) is 18.2 Å². The summed E-state index contributed by atoms with van der Waals surface area (Å²) in [7, 11) is 1.62. The molecule has 0 unspecified atom stereocenters. The lowest BCUT2D eigenvalue weighted by molar-refractivity contribution is -0.152. The molecule has 0 bridgehead atoms. The standard InChI is InChI=1S/C18H23NO5/c1-23-9-2-8-19-16(20)6-4-14(18(21)22)17(19)13-3-5-15-12(11-13)7-10-24-15/h3,5,11,14,17H,2,4,6-10H2,1H3,(H,21,22)/t14-,17+/m1/s1. The topological polar surface area (TPSA) is 76.1 Å². The van der Waals surface area contributed by atoms with Gasteiger partial charge in [0, 0.05) is 33.1 Å². The Labute approximate surface area is 141 Å². The predicted molar refractivity (Wildman–Crippen MR) is 86.9 cm³/mol. The molecule has 1 fully saturated rings. The number of methoxy groups -OCH3 is 1. The summed E-state index contributed by atoms with van der Waals surface area (Å²) in [4.78, 5) is 25.9. The molecule has 3 rings (SSSR count). The third-order valence-corrected chi connectivity index (χ3v) is 4.83. The van der Waals surface area contributed by atoms with Crippen LogP contribution in [-0.2, 0) is 20.7 Å². The maximum Gasteiger partial charge on any atom is 0.308 e. The highest BCUT2D eigenvalue weighted by molar-refractivity contribution is 5.81. The predicted octanol–water partition coefficient (Wildman–Crippen LogP) is 2.02. The van der Waals surface area contributed by atoms with Crippen LogP contribution >= 0.6 is 0 Å². The van der Waals surface area contributed by atoms with Crippen LogP contribution in [0.1, 0.15) is 36.4 Å². The molecular formula is C18H23NO5. The van der Waals surface area contributed by atoms with Crippen molar-refractivity contribution >= 4 is 11.9 Å². The van der Waals surface area contributed by atoms with Gasteiger partial charge in [0.25, 0.3) is 0 Å². The number of carboxylic acid groups (broad SMARTS) is 1. The lowest BCUT2D eigenvalue weighted by Gasteiger charge is -2.40. The number of fused-ring (bicyclic) bond motifs is 1. The number of likely N-dealkylation sites (tertiary alicyclic amines) is 1. The summed E-state index contributed by atoms with van der Waals surface area (Å²) >= 11 is 0. The molecule has 6 nitrogen and oxygen atoms in total. The highest BCUT2D eigenvalue weighted by Gasteiger charge is 2.40. The van der Waals surface area contributed by atoms with E-state index in [0.29, 0.717) is 32.6 Å². The molecule has 1 saturated heterocycles. The van der Waals surface area contributed by atoms with E-state index < -0.39 is 17.9 Å². The second-order valence-corrected chi connectivity index (χ2v) is 6.33. The molecule has 0 spiro atoms. The van der Waals surface area contributed by atoms with Gasteiger partial charge in [-0.3, -0.25) is 9.59 Å². The number of ether oxygens (including phenoxy) is 2. The molecule has 2 aliphatic rings. The molecule has 1 aromatic carbocycles. The molecule has 1 amide bonds. The van der Waals surface area contributed by atoms with Crippen molar-refractivity contribution in [2.45, 2.75) is 31.7 Å². The summed E-state index contributed by atoms with van der Waals surface area (Å²) < 4.78 is 10.6. The van der Waals surface area contributed by atoms with Crippen molar-refractivity contribution in [3.05, 3.63) is 29.3 Å². The van der Waals surface area contributed by atoms with Crippen molar-refractivity contribution in [2.24, 2.45) is 5.92 Å². The molecule has 24 heavy (non-hydrogen) atoms. The fourth-order valence-corrected chi connectivity index (χ4v) is 3.66. The van der Waals surface area contributed by atoms with Gasteiger partial charge < -0.3 is 19.5 Å². The molecule has 2 aliphatic heterocycles. The van der Waals surface area contributed by atoms with E-state index in [2.05, 4.69) is 0 Å². The Morgan fingerprint density at radius 3 is 3.00 bits per heavy atom. The molecule has 0 saturated carbocycles. The first-order valence-electron chi connectivity index (χ1n) is 8.38. The van der Waals surface area contributed by atoms with E-state index >= 15 is 0 Å². The van der Waals surface area contributed by atoms with E-state index in [1.807, 2.05) is 18.2 Å². The number of carboxylic acids is 1. The third-order valence-electron chi connectivity index (χ3n) is 4.83. The number of amides is 1. The first-order chi connectivity index (χ1) is 11.6. The van der Waals surface area contributed by atoms with Gasteiger partial charge in [-0.1, -0.05) is 6.07 Å². The van der Waals surface area contributed by atoms with Crippen LogP contribution in [0.2, 0.25) is 0 Å². The number of piperidine rings is 1. The van der Waals surface area contributed by atoms with Crippen molar-refractivity contribution < 1.29 is 24.2 Å². The van der Waals surface area contributed by atoms with Gasteiger partial charge in [0.1, 0.15) is 5.75 Å².